The first-order valence-corrected chi connectivity index (χ1v) is 5.09. The largest absolute Gasteiger partial charge is 0.444 e. The van der Waals surface area contributed by atoms with E-state index < -0.39 is 23.4 Å². The molecule has 5 heteroatoms. The number of carbonyl (C=O) groups excluding carboxylic acids is 1. The van der Waals surface area contributed by atoms with Gasteiger partial charge in [-0.1, -0.05) is 0 Å². The summed E-state index contributed by atoms with van der Waals surface area (Å²) in [4.78, 5) is 11.4. The first kappa shape index (κ1) is 12.2. The lowest BCUT2D eigenvalue weighted by Gasteiger charge is -2.29. The molecule has 2 N–H and O–H groups in total. The van der Waals surface area contributed by atoms with Gasteiger partial charge < -0.3 is 15.4 Å². The number of ether oxygens (including phenoxy) is 1. The van der Waals surface area contributed by atoms with Crippen molar-refractivity contribution in [2.24, 2.45) is 0 Å². The second kappa shape index (κ2) is 3.96. The van der Waals surface area contributed by atoms with E-state index in [1.807, 2.05) is 0 Å². The number of alkyl halides is 1. The average molecular weight is 218 g/mol. The van der Waals surface area contributed by atoms with Gasteiger partial charge in [-0.2, -0.15) is 0 Å². The van der Waals surface area contributed by atoms with Crippen LogP contribution in [0, 0.1) is 0 Å². The quantitative estimate of drug-likeness (QED) is 0.695. The maximum atomic E-state index is 13.4. The predicted molar refractivity (Wildman–Crippen MR) is 55.5 cm³/mol. The zero-order valence-corrected chi connectivity index (χ0v) is 9.69. The van der Waals surface area contributed by atoms with Crippen LogP contribution in [0.25, 0.3) is 0 Å². The average Bonchev–Trinajstić information content (AvgIpc) is 2.27. The van der Waals surface area contributed by atoms with Crippen molar-refractivity contribution in [3.63, 3.8) is 0 Å². The highest BCUT2D eigenvalue weighted by atomic mass is 19.1. The summed E-state index contributed by atoms with van der Waals surface area (Å²) in [6.45, 7) is 7.68. The van der Waals surface area contributed by atoms with E-state index in [1.54, 1.807) is 27.7 Å². The van der Waals surface area contributed by atoms with Crippen LogP contribution in [0.2, 0.25) is 0 Å². The molecule has 0 aromatic rings. The highest BCUT2D eigenvalue weighted by molar-refractivity contribution is 5.69. The van der Waals surface area contributed by atoms with Crippen LogP contribution in [-0.4, -0.2) is 36.5 Å². The standard InChI is InChI=1S/C10H19FN2O2/c1-9(2,3)15-8(14)13-10(4)6-12-5-7(10)11/h7,12H,5-6H2,1-4H3,(H,13,14)/t7-,10+/m0/s1. The van der Waals surface area contributed by atoms with Crippen molar-refractivity contribution in [1.82, 2.24) is 10.6 Å². The Morgan fingerprint density at radius 2 is 2.20 bits per heavy atom. The highest BCUT2D eigenvalue weighted by Crippen LogP contribution is 2.18. The van der Waals surface area contributed by atoms with E-state index in [0.29, 0.717) is 6.54 Å². The molecule has 0 aliphatic carbocycles. The van der Waals surface area contributed by atoms with Gasteiger partial charge in [0.25, 0.3) is 0 Å². The van der Waals surface area contributed by atoms with Gasteiger partial charge in [0.05, 0.1) is 5.54 Å². The number of halogens is 1. The molecular formula is C10H19FN2O2. The fraction of sp³-hybridized carbons (Fsp3) is 0.900. The number of carbonyl (C=O) groups is 1. The van der Waals surface area contributed by atoms with Crippen molar-refractivity contribution in [1.29, 1.82) is 0 Å². The molecule has 0 radical (unpaired) electrons. The van der Waals surface area contributed by atoms with Gasteiger partial charge in [0, 0.05) is 13.1 Å². The van der Waals surface area contributed by atoms with Crippen LogP contribution in [0.3, 0.4) is 0 Å². The SMILES string of the molecule is CC(C)(C)OC(=O)N[C@]1(C)CNC[C@@H]1F. The zero-order valence-electron chi connectivity index (χ0n) is 9.69. The molecular weight excluding hydrogens is 199 g/mol. The number of rotatable bonds is 1. The Morgan fingerprint density at radius 1 is 1.60 bits per heavy atom. The molecule has 1 rings (SSSR count). The Labute approximate surface area is 89.6 Å². The molecule has 1 aliphatic rings. The van der Waals surface area contributed by atoms with Crippen LogP contribution in [0.4, 0.5) is 9.18 Å². The molecule has 88 valence electrons. The summed E-state index contributed by atoms with van der Waals surface area (Å²) in [5.74, 6) is 0. The van der Waals surface area contributed by atoms with E-state index >= 15 is 0 Å². The molecule has 0 spiro atoms. The second-order valence-electron chi connectivity index (χ2n) is 5.14. The fourth-order valence-electron chi connectivity index (χ4n) is 1.45. The maximum absolute atomic E-state index is 13.4. The van der Waals surface area contributed by atoms with Crippen LogP contribution in [0.5, 0.6) is 0 Å². The molecule has 0 bridgehead atoms. The van der Waals surface area contributed by atoms with Crippen molar-refractivity contribution < 1.29 is 13.9 Å². The van der Waals surface area contributed by atoms with Crippen LogP contribution < -0.4 is 10.6 Å². The van der Waals surface area contributed by atoms with Gasteiger partial charge in [-0.25, -0.2) is 9.18 Å². The summed E-state index contributed by atoms with van der Waals surface area (Å²) in [7, 11) is 0. The summed E-state index contributed by atoms with van der Waals surface area (Å²) in [5, 5.41) is 5.45. The lowest BCUT2D eigenvalue weighted by Crippen LogP contribution is -2.54. The Hall–Kier alpha value is -0.840. The lowest BCUT2D eigenvalue weighted by molar-refractivity contribution is 0.0432. The van der Waals surface area contributed by atoms with Crippen molar-refractivity contribution in [3.05, 3.63) is 0 Å². The van der Waals surface area contributed by atoms with Gasteiger partial charge in [-0.05, 0) is 27.7 Å². The van der Waals surface area contributed by atoms with E-state index in [0.717, 1.165) is 0 Å². The van der Waals surface area contributed by atoms with Gasteiger partial charge in [-0.15, -0.1) is 0 Å². The minimum atomic E-state index is -1.08. The summed E-state index contributed by atoms with van der Waals surface area (Å²) in [6.07, 6.45) is -1.65. The molecule has 0 aromatic heterocycles. The Morgan fingerprint density at radius 3 is 2.60 bits per heavy atom. The second-order valence-corrected chi connectivity index (χ2v) is 5.14. The number of alkyl carbamates (subject to hydrolysis) is 1. The molecule has 0 unspecified atom stereocenters. The van der Waals surface area contributed by atoms with E-state index in [1.165, 1.54) is 0 Å². The molecule has 1 saturated heterocycles. The third kappa shape index (κ3) is 3.34. The predicted octanol–water partition coefficient (Wildman–Crippen LogP) is 1.21. The molecule has 2 atom stereocenters. The first-order valence-electron chi connectivity index (χ1n) is 5.09. The third-order valence-electron chi connectivity index (χ3n) is 2.29. The number of amides is 1. The molecule has 4 nitrogen and oxygen atoms in total. The first-order chi connectivity index (χ1) is 6.73. The Balaban J connectivity index is 2.51. The smallest absolute Gasteiger partial charge is 0.408 e. The number of hydrogen-bond donors (Lipinski definition) is 2. The summed E-state index contributed by atoms with van der Waals surface area (Å²) < 4.78 is 18.5. The lowest BCUT2D eigenvalue weighted by atomic mass is 10.0. The van der Waals surface area contributed by atoms with Crippen LogP contribution in [-0.2, 0) is 4.74 Å². The molecule has 0 aromatic carbocycles. The van der Waals surface area contributed by atoms with E-state index in [9.17, 15) is 9.18 Å². The van der Waals surface area contributed by atoms with Gasteiger partial charge in [0.1, 0.15) is 11.8 Å². The fourth-order valence-corrected chi connectivity index (χ4v) is 1.45. The minimum absolute atomic E-state index is 0.270. The minimum Gasteiger partial charge on any atom is -0.444 e. The summed E-state index contributed by atoms with van der Waals surface area (Å²) >= 11 is 0. The monoisotopic (exact) mass is 218 g/mol. The molecule has 1 heterocycles. The normalized spacial score (nSPS) is 31.4. The third-order valence-corrected chi connectivity index (χ3v) is 2.29. The molecule has 1 amide bonds. The van der Waals surface area contributed by atoms with E-state index in [4.69, 9.17) is 4.74 Å². The van der Waals surface area contributed by atoms with Crippen molar-refractivity contribution in [3.8, 4) is 0 Å². The molecule has 1 fully saturated rings. The molecule has 15 heavy (non-hydrogen) atoms. The van der Waals surface area contributed by atoms with Gasteiger partial charge in [0.15, 0.2) is 0 Å². The van der Waals surface area contributed by atoms with Gasteiger partial charge in [-0.3, -0.25) is 0 Å². The van der Waals surface area contributed by atoms with Gasteiger partial charge >= 0.3 is 6.09 Å². The topological polar surface area (TPSA) is 50.4 Å². The summed E-state index contributed by atoms with van der Waals surface area (Å²) in [5.41, 5.74) is -1.42. The van der Waals surface area contributed by atoms with Crippen LogP contribution >= 0.6 is 0 Å². The number of hydrogen-bond acceptors (Lipinski definition) is 3. The van der Waals surface area contributed by atoms with E-state index in [2.05, 4.69) is 10.6 Å². The molecule has 1 aliphatic heterocycles. The Bertz CT molecular complexity index is 252. The summed E-state index contributed by atoms with van der Waals surface area (Å²) in [6, 6.07) is 0. The van der Waals surface area contributed by atoms with Crippen LogP contribution in [0.15, 0.2) is 0 Å². The molecule has 0 saturated carbocycles. The van der Waals surface area contributed by atoms with Gasteiger partial charge in [0.2, 0.25) is 0 Å². The van der Waals surface area contributed by atoms with Crippen molar-refractivity contribution in [2.45, 2.75) is 45.0 Å². The maximum Gasteiger partial charge on any atom is 0.408 e. The zero-order chi connectivity index (χ0) is 11.7. The van der Waals surface area contributed by atoms with Crippen molar-refractivity contribution in [2.75, 3.05) is 13.1 Å². The van der Waals surface area contributed by atoms with Crippen molar-refractivity contribution >= 4 is 6.09 Å². The number of nitrogens with one attached hydrogen (secondary N) is 2. The van der Waals surface area contributed by atoms with E-state index in [-0.39, 0.29) is 6.54 Å². The Kier molecular flexibility index (Phi) is 3.23. The highest BCUT2D eigenvalue weighted by Gasteiger charge is 2.41. The van der Waals surface area contributed by atoms with Crippen LogP contribution in [0.1, 0.15) is 27.7 Å².